The molecule has 0 bridgehead atoms. The van der Waals surface area contributed by atoms with E-state index in [0.717, 1.165) is 0 Å². The second-order valence-electron chi connectivity index (χ2n) is 2.92. The molecule has 0 radical (unpaired) electrons. The number of halogens is 2. The Hall–Kier alpha value is -1.49. The molecule has 1 N–H and O–H groups in total. The SMILES string of the molecule is O=Cc1c(-c2ccc(F)cc2)n[nH]c1Br. The van der Waals surface area contributed by atoms with Crippen LogP contribution in [0.4, 0.5) is 4.39 Å². The molecular weight excluding hydrogens is 263 g/mol. The van der Waals surface area contributed by atoms with Crippen molar-refractivity contribution in [2.75, 3.05) is 0 Å². The van der Waals surface area contributed by atoms with E-state index in [1.165, 1.54) is 12.1 Å². The molecule has 0 atom stereocenters. The highest BCUT2D eigenvalue weighted by Crippen LogP contribution is 2.25. The average Bonchev–Trinajstić information content (AvgIpc) is 2.61. The Morgan fingerprint density at radius 2 is 2.00 bits per heavy atom. The van der Waals surface area contributed by atoms with Gasteiger partial charge in [0.05, 0.1) is 5.56 Å². The Morgan fingerprint density at radius 3 is 2.60 bits per heavy atom. The van der Waals surface area contributed by atoms with Crippen molar-refractivity contribution in [3.8, 4) is 11.3 Å². The zero-order chi connectivity index (χ0) is 10.8. The summed E-state index contributed by atoms with van der Waals surface area (Å²) in [6.07, 6.45) is 0.701. The maximum Gasteiger partial charge on any atom is 0.155 e. The highest BCUT2D eigenvalue weighted by atomic mass is 79.9. The number of carbonyl (C=O) groups excluding carboxylic acids is 1. The number of rotatable bonds is 2. The number of aldehydes is 1. The second kappa shape index (κ2) is 3.94. The molecule has 1 heterocycles. The van der Waals surface area contributed by atoms with E-state index in [1.807, 2.05) is 0 Å². The van der Waals surface area contributed by atoms with Crippen LogP contribution in [-0.2, 0) is 0 Å². The van der Waals surface area contributed by atoms with Crippen molar-refractivity contribution in [2.24, 2.45) is 0 Å². The fourth-order valence-corrected chi connectivity index (χ4v) is 1.63. The van der Waals surface area contributed by atoms with Crippen molar-refractivity contribution in [1.29, 1.82) is 0 Å². The van der Waals surface area contributed by atoms with Gasteiger partial charge in [0.1, 0.15) is 16.1 Å². The summed E-state index contributed by atoms with van der Waals surface area (Å²) in [6.45, 7) is 0. The Morgan fingerprint density at radius 1 is 1.33 bits per heavy atom. The summed E-state index contributed by atoms with van der Waals surface area (Å²) in [5, 5.41) is 6.60. The van der Waals surface area contributed by atoms with Crippen molar-refractivity contribution in [1.82, 2.24) is 10.2 Å². The third-order valence-electron chi connectivity index (χ3n) is 1.99. The molecule has 2 aromatic rings. The van der Waals surface area contributed by atoms with E-state index >= 15 is 0 Å². The lowest BCUT2D eigenvalue weighted by molar-refractivity contribution is 0.112. The molecule has 0 aliphatic carbocycles. The smallest absolute Gasteiger partial charge is 0.155 e. The molecular formula is C10H6BrFN2O. The minimum absolute atomic E-state index is 0.319. The third kappa shape index (κ3) is 1.83. The fraction of sp³-hybridized carbons (Fsp3) is 0. The van der Waals surface area contributed by atoms with E-state index < -0.39 is 0 Å². The van der Waals surface area contributed by atoms with Crippen LogP contribution >= 0.6 is 15.9 Å². The molecule has 0 aliphatic rings. The van der Waals surface area contributed by atoms with Gasteiger partial charge in [-0.05, 0) is 40.2 Å². The molecule has 1 aromatic carbocycles. The van der Waals surface area contributed by atoms with Crippen molar-refractivity contribution >= 4 is 22.2 Å². The quantitative estimate of drug-likeness (QED) is 0.852. The molecule has 15 heavy (non-hydrogen) atoms. The van der Waals surface area contributed by atoms with Gasteiger partial charge in [-0.1, -0.05) is 0 Å². The average molecular weight is 269 g/mol. The first-order chi connectivity index (χ1) is 7.22. The molecule has 0 saturated heterocycles. The van der Waals surface area contributed by atoms with Gasteiger partial charge in [-0.15, -0.1) is 0 Å². The molecule has 0 aliphatic heterocycles. The first-order valence-corrected chi connectivity index (χ1v) is 4.96. The Bertz CT molecular complexity index is 493. The Kier molecular flexibility index (Phi) is 2.64. The summed E-state index contributed by atoms with van der Waals surface area (Å²) in [5.74, 6) is -0.319. The number of nitrogens with zero attached hydrogens (tertiary/aromatic N) is 1. The Balaban J connectivity index is 2.53. The third-order valence-corrected chi connectivity index (χ3v) is 2.60. The fourth-order valence-electron chi connectivity index (χ4n) is 1.26. The lowest BCUT2D eigenvalue weighted by Gasteiger charge is -1.96. The van der Waals surface area contributed by atoms with Gasteiger partial charge in [-0.2, -0.15) is 5.10 Å². The lowest BCUT2D eigenvalue weighted by atomic mass is 10.1. The number of benzene rings is 1. The van der Waals surface area contributed by atoms with Crippen molar-refractivity contribution in [2.45, 2.75) is 0 Å². The number of carbonyl (C=O) groups is 1. The zero-order valence-electron chi connectivity index (χ0n) is 7.50. The number of nitrogens with one attached hydrogen (secondary N) is 1. The molecule has 5 heteroatoms. The van der Waals surface area contributed by atoms with Gasteiger partial charge < -0.3 is 0 Å². The molecule has 1 aromatic heterocycles. The highest BCUT2D eigenvalue weighted by Gasteiger charge is 2.11. The maximum absolute atomic E-state index is 12.7. The van der Waals surface area contributed by atoms with Gasteiger partial charge in [-0.25, -0.2) is 4.39 Å². The summed E-state index contributed by atoms with van der Waals surface area (Å²) in [4.78, 5) is 10.8. The standard InChI is InChI=1S/C10H6BrFN2O/c11-10-8(5-15)9(13-14-10)6-1-3-7(12)4-2-6/h1-5H,(H,13,14). The topological polar surface area (TPSA) is 45.8 Å². The van der Waals surface area contributed by atoms with E-state index in [1.54, 1.807) is 12.1 Å². The highest BCUT2D eigenvalue weighted by molar-refractivity contribution is 9.10. The van der Waals surface area contributed by atoms with Crippen LogP contribution in [0.5, 0.6) is 0 Å². The molecule has 76 valence electrons. The van der Waals surface area contributed by atoms with Gasteiger partial charge in [-0.3, -0.25) is 9.89 Å². The molecule has 2 rings (SSSR count). The van der Waals surface area contributed by atoms with E-state index in [4.69, 9.17) is 0 Å². The summed E-state index contributed by atoms with van der Waals surface area (Å²) < 4.78 is 13.2. The van der Waals surface area contributed by atoms with Crippen LogP contribution in [0.3, 0.4) is 0 Å². The van der Waals surface area contributed by atoms with Gasteiger partial charge in [0.15, 0.2) is 6.29 Å². The van der Waals surface area contributed by atoms with Crippen molar-refractivity contribution in [3.05, 3.63) is 40.2 Å². The predicted octanol–water partition coefficient (Wildman–Crippen LogP) is 2.79. The van der Waals surface area contributed by atoms with Crippen LogP contribution < -0.4 is 0 Å². The minimum Gasteiger partial charge on any atom is -0.298 e. The molecule has 0 spiro atoms. The van der Waals surface area contributed by atoms with Crippen molar-refractivity contribution in [3.63, 3.8) is 0 Å². The van der Waals surface area contributed by atoms with Crippen LogP contribution in [0.1, 0.15) is 10.4 Å². The molecule has 0 amide bonds. The first kappa shape index (κ1) is 10.0. The summed E-state index contributed by atoms with van der Waals surface area (Å²) in [6, 6.07) is 5.80. The normalized spacial score (nSPS) is 10.3. The maximum atomic E-state index is 12.7. The summed E-state index contributed by atoms with van der Waals surface area (Å²) in [5.41, 5.74) is 1.64. The first-order valence-electron chi connectivity index (χ1n) is 4.17. The monoisotopic (exact) mass is 268 g/mol. The van der Waals surface area contributed by atoms with Gasteiger partial charge >= 0.3 is 0 Å². The van der Waals surface area contributed by atoms with Gasteiger partial charge in [0, 0.05) is 5.56 Å². The summed E-state index contributed by atoms with van der Waals surface area (Å²) in [7, 11) is 0. The van der Waals surface area contributed by atoms with Crippen LogP contribution in [0, 0.1) is 5.82 Å². The van der Waals surface area contributed by atoms with E-state index in [-0.39, 0.29) is 5.82 Å². The van der Waals surface area contributed by atoms with Crippen LogP contribution in [0.2, 0.25) is 0 Å². The van der Waals surface area contributed by atoms with Crippen molar-refractivity contribution < 1.29 is 9.18 Å². The van der Waals surface area contributed by atoms with Gasteiger partial charge in [0.2, 0.25) is 0 Å². The molecule has 3 nitrogen and oxygen atoms in total. The lowest BCUT2D eigenvalue weighted by Crippen LogP contribution is -1.85. The predicted molar refractivity (Wildman–Crippen MR) is 57.1 cm³/mol. The number of aromatic nitrogens is 2. The second-order valence-corrected chi connectivity index (χ2v) is 3.72. The molecule has 0 unspecified atom stereocenters. The summed E-state index contributed by atoms with van der Waals surface area (Å²) >= 11 is 3.17. The van der Waals surface area contributed by atoms with E-state index in [0.29, 0.717) is 27.7 Å². The number of hydrogen-bond donors (Lipinski definition) is 1. The van der Waals surface area contributed by atoms with E-state index in [9.17, 15) is 9.18 Å². The van der Waals surface area contributed by atoms with E-state index in [2.05, 4.69) is 26.1 Å². The zero-order valence-corrected chi connectivity index (χ0v) is 9.08. The van der Waals surface area contributed by atoms with Crippen LogP contribution in [-0.4, -0.2) is 16.5 Å². The Labute approximate surface area is 93.4 Å². The molecule has 0 saturated carbocycles. The molecule has 0 fully saturated rings. The van der Waals surface area contributed by atoms with Crippen LogP contribution in [0.25, 0.3) is 11.3 Å². The number of aromatic amines is 1. The number of H-pyrrole nitrogens is 1. The number of hydrogen-bond acceptors (Lipinski definition) is 2. The van der Waals surface area contributed by atoms with Gasteiger partial charge in [0.25, 0.3) is 0 Å². The largest absolute Gasteiger partial charge is 0.298 e. The minimum atomic E-state index is -0.319. The van der Waals surface area contributed by atoms with Crippen LogP contribution in [0.15, 0.2) is 28.9 Å².